The van der Waals surface area contributed by atoms with E-state index in [9.17, 15) is 8.42 Å². The van der Waals surface area contributed by atoms with E-state index in [1.54, 1.807) is 0 Å². The van der Waals surface area contributed by atoms with Crippen LogP contribution in [0, 0.1) is 5.92 Å². The summed E-state index contributed by atoms with van der Waals surface area (Å²) >= 11 is 5.52. The first kappa shape index (κ1) is 13.1. The minimum absolute atomic E-state index is 0.126. The van der Waals surface area contributed by atoms with Crippen LogP contribution < -0.4 is 9.44 Å². The van der Waals surface area contributed by atoms with Crippen LogP contribution >= 0.6 is 11.6 Å². The number of rotatable bonds is 5. The van der Waals surface area contributed by atoms with Crippen LogP contribution in [0.3, 0.4) is 0 Å². The molecular formula is C8H13ClN4O2S. The lowest BCUT2D eigenvalue weighted by atomic mass is 10.2. The van der Waals surface area contributed by atoms with Gasteiger partial charge in [-0.2, -0.15) is 13.1 Å². The van der Waals surface area contributed by atoms with Gasteiger partial charge in [-0.05, 0) is 18.1 Å². The molecule has 0 amide bonds. The molecule has 1 rings (SSSR count). The highest BCUT2D eigenvalue weighted by atomic mass is 35.5. The van der Waals surface area contributed by atoms with Crippen LogP contribution in [0.4, 0.5) is 5.82 Å². The van der Waals surface area contributed by atoms with Gasteiger partial charge in [-0.1, -0.05) is 25.4 Å². The second-order valence-corrected chi connectivity index (χ2v) is 5.48. The number of nitrogens with one attached hydrogen (secondary N) is 2. The topological polar surface area (TPSA) is 84.0 Å². The lowest BCUT2D eigenvalue weighted by molar-refractivity contribution is 0.564. The third-order valence-electron chi connectivity index (χ3n) is 1.55. The molecule has 0 bridgehead atoms. The van der Waals surface area contributed by atoms with Gasteiger partial charge < -0.3 is 0 Å². The van der Waals surface area contributed by atoms with E-state index < -0.39 is 10.2 Å². The van der Waals surface area contributed by atoms with E-state index in [0.717, 1.165) is 0 Å². The molecule has 0 aliphatic carbocycles. The van der Waals surface area contributed by atoms with Crippen LogP contribution in [0.25, 0.3) is 0 Å². The molecule has 0 radical (unpaired) electrons. The predicted octanol–water partition coefficient (Wildman–Crippen LogP) is 1.03. The fraction of sp³-hybridized carbons (Fsp3) is 0.500. The van der Waals surface area contributed by atoms with Gasteiger partial charge in [0.1, 0.15) is 0 Å². The molecule has 0 unspecified atom stereocenters. The van der Waals surface area contributed by atoms with Crippen molar-refractivity contribution < 1.29 is 8.42 Å². The van der Waals surface area contributed by atoms with Gasteiger partial charge in [0.2, 0.25) is 0 Å². The summed E-state index contributed by atoms with van der Waals surface area (Å²) in [6.45, 7) is 4.17. The van der Waals surface area contributed by atoms with E-state index in [0.29, 0.717) is 6.54 Å². The van der Waals surface area contributed by atoms with Crippen LogP contribution in [0.2, 0.25) is 5.15 Å². The summed E-state index contributed by atoms with van der Waals surface area (Å²) < 4.78 is 27.5. The van der Waals surface area contributed by atoms with Crippen molar-refractivity contribution in [2.45, 2.75) is 13.8 Å². The molecule has 0 aromatic carbocycles. The molecule has 1 heterocycles. The van der Waals surface area contributed by atoms with Crippen LogP contribution in [-0.2, 0) is 10.2 Å². The molecule has 8 heteroatoms. The van der Waals surface area contributed by atoms with Gasteiger partial charge in [-0.15, -0.1) is 10.2 Å². The van der Waals surface area contributed by atoms with Crippen LogP contribution in [0.1, 0.15) is 13.8 Å². The van der Waals surface area contributed by atoms with Gasteiger partial charge in [0.15, 0.2) is 11.0 Å². The lowest BCUT2D eigenvalue weighted by Gasteiger charge is -2.09. The monoisotopic (exact) mass is 264 g/mol. The number of hydrogen-bond donors (Lipinski definition) is 2. The number of anilines is 1. The number of halogens is 1. The van der Waals surface area contributed by atoms with Crippen molar-refractivity contribution in [2.75, 3.05) is 11.3 Å². The third-order valence-corrected chi connectivity index (χ3v) is 2.78. The predicted molar refractivity (Wildman–Crippen MR) is 62.4 cm³/mol. The van der Waals surface area contributed by atoms with E-state index in [2.05, 4.69) is 19.6 Å². The van der Waals surface area contributed by atoms with E-state index in [1.807, 2.05) is 13.8 Å². The second kappa shape index (κ2) is 5.42. The SMILES string of the molecule is CC(C)CNS(=O)(=O)Nc1ccc(Cl)nn1. The van der Waals surface area contributed by atoms with Crippen LogP contribution in [0.5, 0.6) is 0 Å². The van der Waals surface area contributed by atoms with Crippen molar-refractivity contribution in [3.8, 4) is 0 Å². The van der Waals surface area contributed by atoms with Gasteiger partial charge in [-0.3, -0.25) is 4.72 Å². The molecule has 0 atom stereocenters. The Morgan fingerprint density at radius 2 is 2.06 bits per heavy atom. The summed E-state index contributed by atoms with van der Waals surface area (Å²) in [7, 11) is -3.59. The zero-order chi connectivity index (χ0) is 12.2. The largest absolute Gasteiger partial charge is 0.300 e. The Morgan fingerprint density at radius 3 is 2.56 bits per heavy atom. The van der Waals surface area contributed by atoms with E-state index >= 15 is 0 Å². The quantitative estimate of drug-likeness (QED) is 0.832. The highest BCUT2D eigenvalue weighted by Gasteiger charge is 2.10. The van der Waals surface area contributed by atoms with Crippen molar-refractivity contribution in [1.29, 1.82) is 0 Å². The lowest BCUT2D eigenvalue weighted by Crippen LogP contribution is -2.33. The zero-order valence-electron chi connectivity index (χ0n) is 8.94. The first-order valence-corrected chi connectivity index (χ1v) is 6.52. The van der Waals surface area contributed by atoms with E-state index in [-0.39, 0.29) is 16.9 Å². The van der Waals surface area contributed by atoms with Crippen molar-refractivity contribution in [2.24, 2.45) is 5.92 Å². The Kier molecular flexibility index (Phi) is 4.45. The van der Waals surface area contributed by atoms with Gasteiger partial charge in [0, 0.05) is 6.54 Å². The maximum absolute atomic E-state index is 11.5. The van der Waals surface area contributed by atoms with Crippen LogP contribution in [0.15, 0.2) is 12.1 Å². The van der Waals surface area contributed by atoms with Gasteiger partial charge in [0.25, 0.3) is 10.2 Å². The Balaban J connectivity index is 2.62. The van der Waals surface area contributed by atoms with Crippen molar-refractivity contribution in [3.05, 3.63) is 17.3 Å². The maximum atomic E-state index is 11.5. The Labute approximate surface area is 99.6 Å². The average molecular weight is 265 g/mol. The molecule has 0 aliphatic rings. The van der Waals surface area contributed by atoms with Crippen molar-refractivity contribution in [1.82, 2.24) is 14.9 Å². The molecule has 2 N–H and O–H groups in total. The summed E-state index contributed by atoms with van der Waals surface area (Å²) in [5, 5.41) is 7.30. The van der Waals surface area contributed by atoms with E-state index in [1.165, 1.54) is 12.1 Å². The van der Waals surface area contributed by atoms with E-state index in [4.69, 9.17) is 11.6 Å². The average Bonchev–Trinajstić information content (AvgIpc) is 2.19. The fourth-order valence-corrected chi connectivity index (χ4v) is 1.93. The minimum Gasteiger partial charge on any atom is -0.253 e. The minimum atomic E-state index is -3.59. The molecule has 16 heavy (non-hydrogen) atoms. The molecule has 0 fully saturated rings. The molecule has 0 aliphatic heterocycles. The Morgan fingerprint density at radius 1 is 1.38 bits per heavy atom. The first-order valence-electron chi connectivity index (χ1n) is 4.65. The first-order chi connectivity index (χ1) is 7.39. The molecule has 0 saturated heterocycles. The molecule has 90 valence electrons. The third kappa shape index (κ3) is 4.73. The summed E-state index contributed by atoms with van der Waals surface area (Å²) in [6, 6.07) is 2.89. The molecule has 0 spiro atoms. The Hall–Kier alpha value is -0.920. The van der Waals surface area contributed by atoms with Gasteiger partial charge in [0.05, 0.1) is 0 Å². The zero-order valence-corrected chi connectivity index (χ0v) is 10.5. The number of aromatic nitrogens is 2. The van der Waals surface area contributed by atoms with Crippen LogP contribution in [-0.4, -0.2) is 25.2 Å². The fourth-order valence-electron chi connectivity index (χ4n) is 0.821. The summed E-state index contributed by atoms with van der Waals surface area (Å²) in [6.07, 6.45) is 0. The van der Waals surface area contributed by atoms with Gasteiger partial charge >= 0.3 is 0 Å². The van der Waals surface area contributed by atoms with Crippen molar-refractivity contribution in [3.63, 3.8) is 0 Å². The van der Waals surface area contributed by atoms with Gasteiger partial charge in [-0.25, -0.2) is 0 Å². The second-order valence-electron chi connectivity index (χ2n) is 3.59. The summed E-state index contributed by atoms with van der Waals surface area (Å²) in [5.41, 5.74) is 0. The summed E-state index contributed by atoms with van der Waals surface area (Å²) in [4.78, 5) is 0. The maximum Gasteiger partial charge on any atom is 0.300 e. The highest BCUT2D eigenvalue weighted by molar-refractivity contribution is 7.90. The highest BCUT2D eigenvalue weighted by Crippen LogP contribution is 2.07. The molecular weight excluding hydrogens is 252 g/mol. The number of hydrogen-bond acceptors (Lipinski definition) is 4. The molecule has 6 nitrogen and oxygen atoms in total. The standard InChI is InChI=1S/C8H13ClN4O2S/c1-6(2)5-10-16(14,15)13-8-4-3-7(9)11-12-8/h3-4,6,10H,5H2,1-2H3,(H,12,13). The molecule has 0 saturated carbocycles. The smallest absolute Gasteiger partial charge is 0.253 e. The molecule has 1 aromatic rings. The Bertz CT molecular complexity index is 432. The van der Waals surface area contributed by atoms with Crippen molar-refractivity contribution >= 4 is 27.6 Å². The normalized spacial score (nSPS) is 11.8. The number of nitrogens with zero attached hydrogens (tertiary/aromatic N) is 2. The summed E-state index contributed by atoms with van der Waals surface area (Å²) in [5.74, 6) is 0.355. The molecule has 1 aromatic heterocycles.